The Labute approximate surface area is 94.1 Å². The van der Waals surface area contributed by atoms with E-state index in [0.717, 1.165) is 0 Å². The van der Waals surface area contributed by atoms with Gasteiger partial charge in [-0.1, -0.05) is 0 Å². The largest absolute Gasteiger partial charge is 0.338 e. The van der Waals surface area contributed by atoms with Crippen molar-refractivity contribution in [1.82, 2.24) is 4.90 Å². The summed E-state index contributed by atoms with van der Waals surface area (Å²) in [6.45, 7) is 1.80. The number of carbonyl (C=O) groups excluding carboxylic acids is 1. The second-order valence-electron chi connectivity index (χ2n) is 3.63. The third-order valence-corrected chi connectivity index (χ3v) is 2.46. The SMILES string of the molecule is CC(CC#N)N(C)C(=O)c1ccc(F)cc1. The molecule has 0 aliphatic carbocycles. The quantitative estimate of drug-likeness (QED) is 0.783. The first-order valence-corrected chi connectivity index (χ1v) is 4.96. The molecule has 0 spiro atoms. The van der Waals surface area contributed by atoms with E-state index in [9.17, 15) is 9.18 Å². The molecular weight excluding hydrogens is 207 g/mol. The Bertz CT molecular complexity index is 408. The van der Waals surface area contributed by atoms with E-state index in [-0.39, 0.29) is 24.2 Å². The zero-order chi connectivity index (χ0) is 12.1. The third kappa shape index (κ3) is 2.80. The minimum Gasteiger partial charge on any atom is -0.338 e. The number of nitriles is 1. The Kier molecular flexibility index (Phi) is 4.01. The summed E-state index contributed by atoms with van der Waals surface area (Å²) in [7, 11) is 1.63. The van der Waals surface area contributed by atoms with Crippen LogP contribution in [0.1, 0.15) is 23.7 Å². The average Bonchev–Trinajstić information content (AvgIpc) is 2.28. The van der Waals surface area contributed by atoms with Crippen LogP contribution in [0.2, 0.25) is 0 Å². The van der Waals surface area contributed by atoms with Gasteiger partial charge in [0.05, 0.1) is 12.5 Å². The molecule has 0 aromatic heterocycles. The zero-order valence-corrected chi connectivity index (χ0v) is 9.27. The van der Waals surface area contributed by atoms with Crippen LogP contribution in [0.3, 0.4) is 0 Å². The molecule has 1 unspecified atom stereocenters. The first-order valence-electron chi connectivity index (χ1n) is 4.96. The molecule has 1 amide bonds. The van der Waals surface area contributed by atoms with Crippen LogP contribution in [-0.4, -0.2) is 23.9 Å². The maximum absolute atomic E-state index is 12.7. The lowest BCUT2D eigenvalue weighted by atomic mass is 10.1. The van der Waals surface area contributed by atoms with E-state index in [0.29, 0.717) is 5.56 Å². The van der Waals surface area contributed by atoms with Crippen molar-refractivity contribution in [3.8, 4) is 6.07 Å². The Morgan fingerprint density at radius 2 is 2.06 bits per heavy atom. The van der Waals surface area contributed by atoms with Gasteiger partial charge in [-0.2, -0.15) is 5.26 Å². The molecule has 1 aromatic rings. The summed E-state index contributed by atoms with van der Waals surface area (Å²) >= 11 is 0. The van der Waals surface area contributed by atoms with Crippen molar-refractivity contribution in [3.05, 3.63) is 35.6 Å². The summed E-state index contributed by atoms with van der Waals surface area (Å²) < 4.78 is 12.7. The van der Waals surface area contributed by atoms with Gasteiger partial charge in [0.25, 0.3) is 5.91 Å². The predicted octanol–water partition coefficient (Wildman–Crippen LogP) is 2.20. The maximum atomic E-state index is 12.7. The minimum atomic E-state index is -0.371. The van der Waals surface area contributed by atoms with E-state index in [1.54, 1.807) is 14.0 Å². The van der Waals surface area contributed by atoms with E-state index in [2.05, 4.69) is 0 Å². The summed E-state index contributed by atoms with van der Waals surface area (Å²) in [5, 5.41) is 8.54. The molecule has 0 aliphatic heterocycles. The molecule has 3 nitrogen and oxygen atoms in total. The second kappa shape index (κ2) is 5.26. The molecule has 1 atom stereocenters. The lowest BCUT2D eigenvalue weighted by Gasteiger charge is -2.22. The van der Waals surface area contributed by atoms with Crippen molar-refractivity contribution in [2.24, 2.45) is 0 Å². The van der Waals surface area contributed by atoms with Gasteiger partial charge in [0.2, 0.25) is 0 Å². The summed E-state index contributed by atoms with van der Waals surface area (Å²) in [5.74, 6) is -0.577. The Morgan fingerprint density at radius 1 is 1.50 bits per heavy atom. The molecule has 4 heteroatoms. The van der Waals surface area contributed by atoms with Crippen molar-refractivity contribution in [1.29, 1.82) is 5.26 Å². The van der Waals surface area contributed by atoms with Gasteiger partial charge in [0, 0.05) is 18.7 Å². The fourth-order valence-electron chi connectivity index (χ4n) is 1.27. The Balaban J connectivity index is 2.78. The van der Waals surface area contributed by atoms with E-state index < -0.39 is 0 Å². The summed E-state index contributed by atoms with van der Waals surface area (Å²) in [6.07, 6.45) is 0.281. The number of amides is 1. The number of nitrogens with zero attached hydrogens (tertiary/aromatic N) is 2. The average molecular weight is 220 g/mol. The Morgan fingerprint density at radius 3 is 2.56 bits per heavy atom. The summed E-state index contributed by atoms with van der Waals surface area (Å²) in [4.78, 5) is 13.3. The highest BCUT2D eigenvalue weighted by Gasteiger charge is 2.16. The monoisotopic (exact) mass is 220 g/mol. The van der Waals surface area contributed by atoms with Gasteiger partial charge in [-0.05, 0) is 31.2 Å². The molecule has 0 saturated carbocycles. The van der Waals surface area contributed by atoms with Crippen LogP contribution in [0.5, 0.6) is 0 Å². The van der Waals surface area contributed by atoms with Crippen LogP contribution in [0, 0.1) is 17.1 Å². The first kappa shape index (κ1) is 12.2. The molecule has 0 fully saturated rings. The predicted molar refractivity (Wildman–Crippen MR) is 58.2 cm³/mol. The lowest BCUT2D eigenvalue weighted by Crippen LogP contribution is -2.34. The van der Waals surface area contributed by atoms with Gasteiger partial charge in [0.15, 0.2) is 0 Å². The van der Waals surface area contributed by atoms with Gasteiger partial charge in [-0.3, -0.25) is 4.79 Å². The molecule has 0 bridgehead atoms. The zero-order valence-electron chi connectivity index (χ0n) is 9.27. The molecule has 16 heavy (non-hydrogen) atoms. The summed E-state index contributed by atoms with van der Waals surface area (Å²) in [6, 6.07) is 7.23. The van der Waals surface area contributed by atoms with Gasteiger partial charge < -0.3 is 4.90 Å². The standard InChI is InChI=1S/C12H13FN2O/c1-9(7-8-14)15(2)12(16)10-3-5-11(13)6-4-10/h3-6,9H,7H2,1-2H3. The maximum Gasteiger partial charge on any atom is 0.253 e. The van der Waals surface area contributed by atoms with E-state index in [4.69, 9.17) is 5.26 Å². The number of hydrogen-bond acceptors (Lipinski definition) is 2. The number of benzene rings is 1. The van der Waals surface area contributed by atoms with Crippen molar-refractivity contribution in [3.63, 3.8) is 0 Å². The van der Waals surface area contributed by atoms with Crippen molar-refractivity contribution in [2.45, 2.75) is 19.4 Å². The van der Waals surface area contributed by atoms with E-state index in [1.807, 2.05) is 6.07 Å². The molecule has 0 radical (unpaired) electrons. The number of carbonyl (C=O) groups is 1. The van der Waals surface area contributed by atoms with Crippen LogP contribution < -0.4 is 0 Å². The normalized spacial score (nSPS) is 11.6. The van der Waals surface area contributed by atoms with Crippen molar-refractivity contribution >= 4 is 5.91 Å². The van der Waals surface area contributed by atoms with Crippen molar-refractivity contribution in [2.75, 3.05) is 7.05 Å². The molecule has 0 N–H and O–H groups in total. The van der Waals surface area contributed by atoms with Crippen LogP contribution in [-0.2, 0) is 0 Å². The van der Waals surface area contributed by atoms with Crippen LogP contribution in [0.15, 0.2) is 24.3 Å². The van der Waals surface area contributed by atoms with Gasteiger partial charge in [-0.25, -0.2) is 4.39 Å². The highest BCUT2D eigenvalue weighted by atomic mass is 19.1. The molecule has 0 saturated heterocycles. The van der Waals surface area contributed by atoms with Gasteiger partial charge in [0.1, 0.15) is 5.82 Å². The molecule has 1 aromatic carbocycles. The minimum absolute atomic E-state index is 0.150. The highest BCUT2D eigenvalue weighted by Crippen LogP contribution is 2.09. The van der Waals surface area contributed by atoms with Crippen molar-refractivity contribution < 1.29 is 9.18 Å². The highest BCUT2D eigenvalue weighted by molar-refractivity contribution is 5.94. The summed E-state index contributed by atoms with van der Waals surface area (Å²) in [5.41, 5.74) is 0.425. The molecule has 0 heterocycles. The number of halogens is 1. The fraction of sp³-hybridized carbons (Fsp3) is 0.333. The molecular formula is C12H13FN2O. The van der Waals surface area contributed by atoms with Gasteiger partial charge in [-0.15, -0.1) is 0 Å². The Hall–Kier alpha value is -1.89. The van der Waals surface area contributed by atoms with E-state index in [1.165, 1.54) is 29.2 Å². The second-order valence-corrected chi connectivity index (χ2v) is 3.63. The van der Waals surface area contributed by atoms with Crippen LogP contribution in [0.25, 0.3) is 0 Å². The first-order chi connectivity index (χ1) is 7.56. The van der Waals surface area contributed by atoms with Crippen LogP contribution >= 0.6 is 0 Å². The molecule has 1 rings (SSSR count). The number of hydrogen-bond donors (Lipinski definition) is 0. The third-order valence-electron chi connectivity index (χ3n) is 2.46. The molecule has 0 aliphatic rings. The fourth-order valence-corrected chi connectivity index (χ4v) is 1.27. The van der Waals surface area contributed by atoms with Gasteiger partial charge >= 0.3 is 0 Å². The van der Waals surface area contributed by atoms with Crippen LogP contribution in [0.4, 0.5) is 4.39 Å². The smallest absolute Gasteiger partial charge is 0.253 e. The molecule has 84 valence electrons. The van der Waals surface area contributed by atoms with E-state index >= 15 is 0 Å². The lowest BCUT2D eigenvalue weighted by molar-refractivity contribution is 0.0746. The number of rotatable bonds is 3. The topological polar surface area (TPSA) is 44.1 Å².